The number of rotatable bonds is 3. The van der Waals surface area contributed by atoms with E-state index in [-0.39, 0.29) is 23.9 Å². The third kappa shape index (κ3) is 2.38. The molecule has 0 unspecified atom stereocenters. The summed E-state index contributed by atoms with van der Waals surface area (Å²) in [6, 6.07) is 7.68. The minimum atomic E-state index is -0.0123. The minimum absolute atomic E-state index is 0.0123. The van der Waals surface area contributed by atoms with Crippen molar-refractivity contribution in [1.82, 2.24) is 19.4 Å². The quantitative estimate of drug-likeness (QED) is 0.858. The zero-order valence-corrected chi connectivity index (χ0v) is 13.6. The number of nitrogens with zero attached hydrogens (tertiary/aromatic N) is 4. The summed E-state index contributed by atoms with van der Waals surface area (Å²) in [5.74, 6) is 0.153. The van der Waals surface area contributed by atoms with Crippen LogP contribution in [0.1, 0.15) is 28.9 Å². The summed E-state index contributed by atoms with van der Waals surface area (Å²) in [4.78, 5) is 33.1. The van der Waals surface area contributed by atoms with Gasteiger partial charge >= 0.3 is 0 Å². The Kier molecular flexibility index (Phi) is 3.59. The highest BCUT2D eigenvalue weighted by molar-refractivity contribution is 5.94. The standard InChI is InChI=1S/C18H20N4O2/c1-20-9-2-3-15(20)18(24)21-10-6-14-16(21)11-17(23)22(14)12-13-4-7-19-8-5-13/h2-5,7-9,14,16H,6,10-12H2,1H3/t14-,16+/m1/s1. The van der Waals surface area contributed by atoms with Crippen molar-refractivity contribution in [2.75, 3.05) is 6.54 Å². The molecule has 0 N–H and O–H groups in total. The average molecular weight is 324 g/mol. The number of aromatic nitrogens is 2. The Morgan fingerprint density at radius 3 is 2.75 bits per heavy atom. The summed E-state index contributed by atoms with van der Waals surface area (Å²) in [5, 5.41) is 0. The number of aryl methyl sites for hydroxylation is 1. The second-order valence-corrected chi connectivity index (χ2v) is 6.51. The molecule has 2 fully saturated rings. The van der Waals surface area contributed by atoms with Crippen LogP contribution >= 0.6 is 0 Å². The molecule has 4 rings (SSSR count). The van der Waals surface area contributed by atoms with E-state index < -0.39 is 0 Å². The fraction of sp³-hybridized carbons (Fsp3) is 0.389. The van der Waals surface area contributed by atoms with Gasteiger partial charge in [0.2, 0.25) is 5.91 Å². The van der Waals surface area contributed by atoms with Gasteiger partial charge in [0.1, 0.15) is 5.69 Å². The molecule has 0 bridgehead atoms. The van der Waals surface area contributed by atoms with Crippen LogP contribution in [0.15, 0.2) is 42.9 Å². The number of hydrogen-bond acceptors (Lipinski definition) is 3. The van der Waals surface area contributed by atoms with Gasteiger partial charge in [-0.25, -0.2) is 0 Å². The first-order valence-electron chi connectivity index (χ1n) is 8.26. The number of carbonyl (C=O) groups is 2. The van der Waals surface area contributed by atoms with Crippen molar-refractivity contribution in [2.24, 2.45) is 7.05 Å². The highest BCUT2D eigenvalue weighted by Crippen LogP contribution is 2.34. The monoisotopic (exact) mass is 324 g/mol. The third-order valence-electron chi connectivity index (χ3n) is 5.14. The number of carbonyl (C=O) groups excluding carboxylic acids is 2. The smallest absolute Gasteiger partial charge is 0.270 e. The number of hydrogen-bond donors (Lipinski definition) is 0. The predicted octanol–water partition coefficient (Wildman–Crippen LogP) is 1.44. The molecule has 2 aliphatic heterocycles. The van der Waals surface area contributed by atoms with E-state index in [1.807, 2.05) is 51.9 Å². The average Bonchev–Trinajstić information content (AvgIpc) is 3.26. The van der Waals surface area contributed by atoms with E-state index in [0.29, 0.717) is 25.2 Å². The second kappa shape index (κ2) is 5.78. The first-order chi connectivity index (χ1) is 11.6. The molecule has 2 saturated heterocycles. The lowest BCUT2D eigenvalue weighted by molar-refractivity contribution is -0.129. The molecule has 0 saturated carbocycles. The Hall–Kier alpha value is -2.63. The normalized spacial score (nSPS) is 23.0. The van der Waals surface area contributed by atoms with Crippen LogP contribution in [-0.2, 0) is 18.4 Å². The molecule has 2 aliphatic rings. The van der Waals surface area contributed by atoms with E-state index in [0.717, 1.165) is 12.0 Å². The van der Waals surface area contributed by atoms with Gasteiger partial charge in [-0.2, -0.15) is 0 Å². The summed E-state index contributed by atoms with van der Waals surface area (Å²) < 4.78 is 1.83. The first-order valence-corrected chi connectivity index (χ1v) is 8.26. The van der Waals surface area contributed by atoms with Crippen LogP contribution in [0.4, 0.5) is 0 Å². The van der Waals surface area contributed by atoms with Crippen molar-refractivity contribution in [2.45, 2.75) is 31.5 Å². The molecule has 6 heteroatoms. The third-order valence-corrected chi connectivity index (χ3v) is 5.14. The lowest BCUT2D eigenvalue weighted by atomic mass is 10.1. The Morgan fingerprint density at radius 1 is 1.25 bits per heavy atom. The zero-order chi connectivity index (χ0) is 16.7. The SMILES string of the molecule is Cn1cccc1C(=O)N1CC[C@@H]2[C@@H]1CC(=O)N2Cc1ccncc1. The molecular weight excluding hydrogens is 304 g/mol. The molecule has 2 aromatic rings. The van der Waals surface area contributed by atoms with E-state index in [9.17, 15) is 9.59 Å². The molecule has 0 aliphatic carbocycles. The van der Waals surface area contributed by atoms with Gasteiger partial charge in [0.05, 0.1) is 12.1 Å². The maximum absolute atomic E-state index is 12.8. The number of amides is 2. The summed E-state index contributed by atoms with van der Waals surface area (Å²) >= 11 is 0. The molecule has 0 aromatic carbocycles. The van der Waals surface area contributed by atoms with Crippen LogP contribution < -0.4 is 0 Å². The predicted molar refractivity (Wildman–Crippen MR) is 88.0 cm³/mol. The van der Waals surface area contributed by atoms with Crippen molar-refractivity contribution in [1.29, 1.82) is 0 Å². The van der Waals surface area contributed by atoms with Crippen LogP contribution in [-0.4, -0.2) is 49.8 Å². The van der Waals surface area contributed by atoms with Crippen LogP contribution in [0.2, 0.25) is 0 Å². The summed E-state index contributed by atoms with van der Waals surface area (Å²) in [5.41, 5.74) is 1.75. The Balaban J connectivity index is 1.53. The fourth-order valence-electron chi connectivity index (χ4n) is 3.90. The van der Waals surface area contributed by atoms with Crippen LogP contribution in [0.3, 0.4) is 0 Å². The van der Waals surface area contributed by atoms with E-state index >= 15 is 0 Å². The molecular formula is C18H20N4O2. The lowest BCUT2D eigenvalue weighted by Gasteiger charge is -2.25. The topological polar surface area (TPSA) is 58.4 Å². The first kappa shape index (κ1) is 14.9. The van der Waals surface area contributed by atoms with Gasteiger partial charge in [-0.1, -0.05) is 0 Å². The second-order valence-electron chi connectivity index (χ2n) is 6.51. The van der Waals surface area contributed by atoms with Crippen molar-refractivity contribution in [3.05, 3.63) is 54.1 Å². The fourth-order valence-corrected chi connectivity index (χ4v) is 3.90. The van der Waals surface area contributed by atoms with E-state index in [4.69, 9.17) is 0 Å². The van der Waals surface area contributed by atoms with Crippen molar-refractivity contribution in [3.63, 3.8) is 0 Å². The lowest BCUT2D eigenvalue weighted by Crippen LogP contribution is -2.40. The summed E-state index contributed by atoms with van der Waals surface area (Å²) in [6.07, 6.45) is 6.63. The highest BCUT2D eigenvalue weighted by atomic mass is 16.2. The molecule has 2 amide bonds. The van der Waals surface area contributed by atoms with Crippen molar-refractivity contribution in [3.8, 4) is 0 Å². The number of fused-ring (bicyclic) bond motifs is 1. The largest absolute Gasteiger partial charge is 0.347 e. The van der Waals surface area contributed by atoms with Gasteiger partial charge < -0.3 is 14.4 Å². The molecule has 6 nitrogen and oxygen atoms in total. The molecule has 2 atom stereocenters. The Labute approximate surface area is 140 Å². The Morgan fingerprint density at radius 2 is 2.04 bits per heavy atom. The maximum Gasteiger partial charge on any atom is 0.270 e. The molecule has 24 heavy (non-hydrogen) atoms. The van der Waals surface area contributed by atoms with Crippen molar-refractivity contribution >= 4 is 11.8 Å². The molecule has 4 heterocycles. The molecule has 2 aromatic heterocycles. The van der Waals surface area contributed by atoms with Crippen LogP contribution in [0, 0.1) is 0 Å². The molecule has 124 valence electrons. The van der Waals surface area contributed by atoms with Gasteiger partial charge in [0, 0.05) is 45.1 Å². The number of likely N-dealkylation sites (tertiary alicyclic amines) is 2. The Bertz CT molecular complexity index is 770. The van der Waals surface area contributed by atoms with E-state index in [2.05, 4.69) is 4.98 Å². The van der Waals surface area contributed by atoms with Crippen molar-refractivity contribution < 1.29 is 9.59 Å². The minimum Gasteiger partial charge on any atom is -0.347 e. The molecule has 0 spiro atoms. The zero-order valence-electron chi connectivity index (χ0n) is 13.6. The van der Waals surface area contributed by atoms with Crippen LogP contribution in [0.25, 0.3) is 0 Å². The van der Waals surface area contributed by atoms with Gasteiger partial charge in [-0.3, -0.25) is 14.6 Å². The molecule has 0 radical (unpaired) electrons. The summed E-state index contributed by atoms with van der Waals surface area (Å²) in [7, 11) is 1.87. The number of pyridine rings is 1. The van der Waals surface area contributed by atoms with E-state index in [1.165, 1.54) is 0 Å². The van der Waals surface area contributed by atoms with E-state index in [1.54, 1.807) is 12.4 Å². The highest BCUT2D eigenvalue weighted by Gasteiger charge is 2.48. The van der Waals surface area contributed by atoms with Gasteiger partial charge in [-0.05, 0) is 36.2 Å². The van der Waals surface area contributed by atoms with Gasteiger partial charge in [0.15, 0.2) is 0 Å². The van der Waals surface area contributed by atoms with Gasteiger partial charge in [-0.15, -0.1) is 0 Å². The maximum atomic E-state index is 12.8. The van der Waals surface area contributed by atoms with Gasteiger partial charge in [0.25, 0.3) is 5.91 Å². The van der Waals surface area contributed by atoms with Crippen LogP contribution in [0.5, 0.6) is 0 Å². The summed E-state index contributed by atoms with van der Waals surface area (Å²) in [6.45, 7) is 1.30.